The SMILES string of the molecule is COc1ccsc1C(Cc1cc(F)ccc1Cl)NN. The van der Waals surface area contributed by atoms with Gasteiger partial charge in [-0.2, -0.15) is 0 Å². The lowest BCUT2D eigenvalue weighted by atomic mass is 10.0. The van der Waals surface area contributed by atoms with Crippen molar-refractivity contribution in [2.45, 2.75) is 12.5 Å². The zero-order chi connectivity index (χ0) is 13.8. The van der Waals surface area contributed by atoms with Gasteiger partial charge < -0.3 is 4.74 Å². The van der Waals surface area contributed by atoms with E-state index in [1.54, 1.807) is 13.2 Å². The molecule has 1 heterocycles. The summed E-state index contributed by atoms with van der Waals surface area (Å²) in [6.45, 7) is 0. The van der Waals surface area contributed by atoms with E-state index in [1.165, 1.54) is 23.5 Å². The minimum atomic E-state index is -0.312. The topological polar surface area (TPSA) is 47.3 Å². The van der Waals surface area contributed by atoms with Crippen LogP contribution in [0.25, 0.3) is 0 Å². The van der Waals surface area contributed by atoms with Crippen molar-refractivity contribution in [3.05, 3.63) is 50.9 Å². The van der Waals surface area contributed by atoms with E-state index in [2.05, 4.69) is 5.43 Å². The van der Waals surface area contributed by atoms with Crippen molar-refractivity contribution in [1.82, 2.24) is 5.43 Å². The molecule has 1 unspecified atom stereocenters. The maximum atomic E-state index is 13.3. The maximum Gasteiger partial charge on any atom is 0.134 e. The van der Waals surface area contributed by atoms with E-state index >= 15 is 0 Å². The van der Waals surface area contributed by atoms with Crippen molar-refractivity contribution in [3.8, 4) is 5.75 Å². The van der Waals surface area contributed by atoms with Crippen LogP contribution in [0.3, 0.4) is 0 Å². The summed E-state index contributed by atoms with van der Waals surface area (Å²) >= 11 is 7.60. The average Bonchev–Trinajstić information content (AvgIpc) is 2.88. The number of halogens is 2. The summed E-state index contributed by atoms with van der Waals surface area (Å²) in [4.78, 5) is 0.963. The van der Waals surface area contributed by atoms with E-state index in [-0.39, 0.29) is 11.9 Å². The van der Waals surface area contributed by atoms with Crippen LogP contribution in [-0.4, -0.2) is 7.11 Å². The first-order valence-electron chi connectivity index (χ1n) is 5.67. The molecule has 0 aliphatic carbocycles. The first-order valence-corrected chi connectivity index (χ1v) is 6.93. The molecule has 0 radical (unpaired) electrons. The Morgan fingerprint density at radius 1 is 1.47 bits per heavy atom. The number of hydrogen-bond donors (Lipinski definition) is 2. The molecule has 0 aliphatic rings. The highest BCUT2D eigenvalue weighted by Crippen LogP contribution is 2.33. The minimum Gasteiger partial charge on any atom is -0.496 e. The summed E-state index contributed by atoms with van der Waals surface area (Å²) in [5.74, 6) is 6.04. The Morgan fingerprint density at radius 3 is 2.95 bits per heavy atom. The maximum absolute atomic E-state index is 13.3. The second-order valence-electron chi connectivity index (χ2n) is 4.01. The lowest BCUT2D eigenvalue weighted by Crippen LogP contribution is -2.29. The third-order valence-corrected chi connectivity index (χ3v) is 4.21. The van der Waals surface area contributed by atoms with Crippen LogP contribution in [0.15, 0.2) is 29.6 Å². The Labute approximate surface area is 120 Å². The Bertz CT molecular complexity index is 561. The van der Waals surface area contributed by atoms with Crippen molar-refractivity contribution < 1.29 is 9.13 Å². The van der Waals surface area contributed by atoms with Crippen molar-refractivity contribution in [3.63, 3.8) is 0 Å². The van der Waals surface area contributed by atoms with Gasteiger partial charge in [0.25, 0.3) is 0 Å². The molecule has 0 fully saturated rings. The molecule has 1 aromatic carbocycles. The Hall–Kier alpha value is -1.14. The quantitative estimate of drug-likeness (QED) is 0.658. The zero-order valence-electron chi connectivity index (χ0n) is 10.3. The number of nitrogens with one attached hydrogen (secondary N) is 1. The van der Waals surface area contributed by atoms with Gasteiger partial charge in [-0.05, 0) is 41.6 Å². The van der Waals surface area contributed by atoms with Crippen molar-refractivity contribution in [1.29, 1.82) is 0 Å². The van der Waals surface area contributed by atoms with Crippen LogP contribution < -0.4 is 16.0 Å². The van der Waals surface area contributed by atoms with Gasteiger partial charge in [-0.25, -0.2) is 4.39 Å². The molecule has 3 nitrogen and oxygen atoms in total. The smallest absolute Gasteiger partial charge is 0.134 e. The molecular formula is C13H14ClFN2OS. The monoisotopic (exact) mass is 300 g/mol. The Balaban J connectivity index is 2.26. The van der Waals surface area contributed by atoms with Gasteiger partial charge in [0.15, 0.2) is 0 Å². The lowest BCUT2D eigenvalue weighted by molar-refractivity contribution is 0.403. The highest BCUT2D eigenvalue weighted by molar-refractivity contribution is 7.10. The predicted molar refractivity (Wildman–Crippen MR) is 76.0 cm³/mol. The molecule has 2 aromatic rings. The van der Waals surface area contributed by atoms with E-state index in [1.807, 2.05) is 11.4 Å². The largest absolute Gasteiger partial charge is 0.496 e. The van der Waals surface area contributed by atoms with E-state index in [9.17, 15) is 4.39 Å². The molecule has 0 bridgehead atoms. The van der Waals surface area contributed by atoms with Gasteiger partial charge in [0.1, 0.15) is 11.6 Å². The number of hydrogen-bond acceptors (Lipinski definition) is 4. The summed E-state index contributed by atoms with van der Waals surface area (Å²) in [7, 11) is 1.61. The first kappa shape index (κ1) is 14.3. The molecule has 6 heteroatoms. The van der Waals surface area contributed by atoms with Gasteiger partial charge in [-0.1, -0.05) is 11.6 Å². The van der Waals surface area contributed by atoms with E-state index in [4.69, 9.17) is 22.2 Å². The molecular weight excluding hydrogens is 287 g/mol. The molecule has 19 heavy (non-hydrogen) atoms. The number of nitrogens with two attached hydrogens (primary N) is 1. The number of benzene rings is 1. The summed E-state index contributed by atoms with van der Waals surface area (Å²) in [5.41, 5.74) is 3.43. The number of hydrazine groups is 1. The molecule has 0 spiro atoms. The third-order valence-electron chi connectivity index (χ3n) is 2.83. The molecule has 1 aromatic heterocycles. The van der Waals surface area contributed by atoms with Crippen LogP contribution in [0.5, 0.6) is 5.75 Å². The fourth-order valence-corrected chi connectivity index (χ4v) is 2.99. The molecule has 1 atom stereocenters. The van der Waals surface area contributed by atoms with Crippen LogP contribution in [0, 0.1) is 5.82 Å². The van der Waals surface area contributed by atoms with Gasteiger partial charge in [-0.15, -0.1) is 11.3 Å². The van der Waals surface area contributed by atoms with Gasteiger partial charge in [0.05, 0.1) is 18.0 Å². The van der Waals surface area contributed by atoms with E-state index in [0.29, 0.717) is 17.0 Å². The first-order chi connectivity index (χ1) is 9.15. The Morgan fingerprint density at radius 2 is 2.26 bits per heavy atom. The molecule has 0 amide bonds. The summed E-state index contributed by atoms with van der Waals surface area (Å²) in [6.07, 6.45) is 0.490. The number of methoxy groups -OCH3 is 1. The predicted octanol–water partition coefficient (Wildman–Crippen LogP) is 3.30. The van der Waals surface area contributed by atoms with Gasteiger partial charge in [0.2, 0.25) is 0 Å². The molecule has 0 saturated carbocycles. The van der Waals surface area contributed by atoms with Gasteiger partial charge in [-0.3, -0.25) is 11.3 Å². The Kier molecular flexibility index (Phi) is 4.76. The van der Waals surface area contributed by atoms with Crippen LogP contribution in [0.1, 0.15) is 16.5 Å². The lowest BCUT2D eigenvalue weighted by Gasteiger charge is -2.16. The van der Waals surface area contributed by atoms with Crippen LogP contribution in [0.4, 0.5) is 4.39 Å². The van der Waals surface area contributed by atoms with Crippen molar-refractivity contribution in [2.75, 3.05) is 7.11 Å². The van der Waals surface area contributed by atoms with E-state index < -0.39 is 0 Å². The number of rotatable bonds is 5. The van der Waals surface area contributed by atoms with Crippen LogP contribution >= 0.6 is 22.9 Å². The second-order valence-corrected chi connectivity index (χ2v) is 5.37. The molecule has 2 rings (SSSR count). The molecule has 0 saturated heterocycles. The second kappa shape index (κ2) is 6.34. The molecule has 102 valence electrons. The van der Waals surface area contributed by atoms with Crippen molar-refractivity contribution >= 4 is 22.9 Å². The average molecular weight is 301 g/mol. The molecule has 3 N–H and O–H groups in total. The van der Waals surface area contributed by atoms with Crippen LogP contribution in [-0.2, 0) is 6.42 Å². The fourth-order valence-electron chi connectivity index (χ4n) is 1.88. The van der Waals surface area contributed by atoms with Crippen LogP contribution in [0.2, 0.25) is 5.02 Å². The molecule has 0 aliphatic heterocycles. The number of thiophene rings is 1. The summed E-state index contributed by atoms with van der Waals surface area (Å²) < 4.78 is 18.5. The standard InChI is InChI=1S/C13H14ClFN2OS/c1-18-12-4-5-19-13(12)11(17-16)7-8-6-9(15)2-3-10(8)14/h2-6,11,17H,7,16H2,1H3. The normalized spacial score (nSPS) is 12.4. The minimum absolute atomic E-state index is 0.172. The highest BCUT2D eigenvalue weighted by atomic mass is 35.5. The summed E-state index contributed by atoms with van der Waals surface area (Å²) in [6, 6.07) is 6.01. The third kappa shape index (κ3) is 3.25. The number of ether oxygens (including phenoxy) is 1. The fraction of sp³-hybridized carbons (Fsp3) is 0.231. The zero-order valence-corrected chi connectivity index (χ0v) is 11.9. The summed E-state index contributed by atoms with van der Waals surface area (Å²) in [5, 5.41) is 2.45. The van der Waals surface area contributed by atoms with E-state index in [0.717, 1.165) is 10.6 Å². The van der Waals surface area contributed by atoms with Gasteiger partial charge in [0, 0.05) is 5.02 Å². The highest BCUT2D eigenvalue weighted by Gasteiger charge is 2.18. The van der Waals surface area contributed by atoms with Gasteiger partial charge >= 0.3 is 0 Å². The van der Waals surface area contributed by atoms with Crippen molar-refractivity contribution in [2.24, 2.45) is 5.84 Å².